The van der Waals surface area contributed by atoms with Crippen LogP contribution >= 0.6 is 0 Å². The maximum atomic E-state index is 3.74. The van der Waals surface area contributed by atoms with E-state index in [0.717, 1.165) is 0 Å². The first-order chi connectivity index (χ1) is 22.2. The van der Waals surface area contributed by atoms with Gasteiger partial charge in [-0.3, -0.25) is 0 Å². The van der Waals surface area contributed by atoms with Crippen LogP contribution in [-0.2, 0) is 0 Å². The average Bonchev–Trinajstić information content (AvgIpc) is 3.54. The van der Waals surface area contributed by atoms with E-state index < -0.39 is 0 Å². The number of aromatic nitrogens is 2. The molecule has 1 heterocycles. The van der Waals surface area contributed by atoms with Gasteiger partial charge in [-0.2, -0.15) is 0 Å². The number of imidazole rings is 1. The zero-order valence-corrected chi connectivity index (χ0v) is 31.8. The molecule has 0 saturated heterocycles. The van der Waals surface area contributed by atoms with Crippen molar-refractivity contribution in [1.82, 2.24) is 4.98 Å². The fourth-order valence-electron chi connectivity index (χ4n) is 7.49. The Morgan fingerprint density at radius 1 is 0.422 bits per heavy atom. The normalized spacial score (nSPS) is 13.1. The minimum absolute atomic E-state index is 0.619. The Balaban J connectivity index is 2.28. The minimum Gasteiger partial charge on any atom is -0.247 e. The smallest absolute Gasteiger partial charge is 0.247 e. The summed E-state index contributed by atoms with van der Waals surface area (Å²) < 4.78 is 2.63. The summed E-state index contributed by atoms with van der Waals surface area (Å²) in [6.07, 6.45) is 53.2. The van der Waals surface area contributed by atoms with Crippen LogP contribution in [0.3, 0.4) is 0 Å². The molecule has 0 radical (unpaired) electrons. The van der Waals surface area contributed by atoms with Gasteiger partial charge in [0.25, 0.3) is 5.82 Å². The van der Waals surface area contributed by atoms with Gasteiger partial charge in [0, 0.05) is 0 Å². The third-order valence-electron chi connectivity index (χ3n) is 10.6. The summed E-state index contributed by atoms with van der Waals surface area (Å²) in [7, 11) is 0. The van der Waals surface area contributed by atoms with E-state index in [9.17, 15) is 0 Å². The summed E-state index contributed by atoms with van der Waals surface area (Å²) in [5.74, 6) is 2.24. The summed E-state index contributed by atoms with van der Waals surface area (Å²) in [6, 6.07) is 0.619. The molecular weight excluding hydrogens is 544 g/mol. The van der Waals surface area contributed by atoms with Crippen molar-refractivity contribution in [2.75, 3.05) is 0 Å². The lowest BCUT2D eigenvalue weighted by Gasteiger charge is -2.17. The molecule has 45 heavy (non-hydrogen) atoms. The van der Waals surface area contributed by atoms with E-state index in [1.165, 1.54) is 224 Å². The first-order valence-corrected chi connectivity index (χ1v) is 21.3. The predicted octanol–water partition coefficient (Wildman–Crippen LogP) is 15.3. The lowest BCUT2D eigenvalue weighted by Crippen LogP contribution is -2.41. The SMILES string of the molecule is CCCCCCCCCCCCCCCCCCCC(CCCCCCCCCCCC)c1[nH]cc[n+]1C(C)CCCCCC. The monoisotopic (exact) mass is 630 g/mol. The molecular formula is C43H85N2+. The second kappa shape index (κ2) is 33.1. The molecule has 0 aromatic carbocycles. The van der Waals surface area contributed by atoms with Crippen LogP contribution < -0.4 is 4.57 Å². The summed E-state index contributed by atoms with van der Waals surface area (Å²) in [5, 5.41) is 0. The topological polar surface area (TPSA) is 19.7 Å². The molecule has 2 atom stereocenters. The molecule has 0 fully saturated rings. The number of hydrogen-bond acceptors (Lipinski definition) is 0. The van der Waals surface area contributed by atoms with Crippen LogP contribution in [0.15, 0.2) is 12.4 Å². The fraction of sp³-hybridized carbons (Fsp3) is 0.930. The Morgan fingerprint density at radius 2 is 0.711 bits per heavy atom. The molecule has 266 valence electrons. The molecule has 0 aliphatic heterocycles. The maximum Gasteiger partial charge on any atom is 0.257 e. The summed E-state index contributed by atoms with van der Waals surface area (Å²) in [4.78, 5) is 3.74. The number of aromatic amines is 1. The fourth-order valence-corrected chi connectivity index (χ4v) is 7.49. The Kier molecular flexibility index (Phi) is 31.1. The van der Waals surface area contributed by atoms with Crippen molar-refractivity contribution in [3.8, 4) is 0 Å². The van der Waals surface area contributed by atoms with Crippen LogP contribution in [0.5, 0.6) is 0 Å². The van der Waals surface area contributed by atoms with Crippen LogP contribution in [0.1, 0.15) is 264 Å². The predicted molar refractivity (Wildman–Crippen MR) is 202 cm³/mol. The van der Waals surface area contributed by atoms with Crippen LogP contribution in [-0.4, -0.2) is 4.98 Å². The van der Waals surface area contributed by atoms with Crippen molar-refractivity contribution in [2.45, 2.75) is 258 Å². The molecule has 0 amide bonds. The van der Waals surface area contributed by atoms with Crippen LogP contribution in [0.2, 0.25) is 0 Å². The second-order valence-electron chi connectivity index (χ2n) is 15.1. The zero-order chi connectivity index (χ0) is 32.5. The van der Waals surface area contributed by atoms with Gasteiger partial charge in [0.2, 0.25) is 0 Å². The highest BCUT2D eigenvalue weighted by Gasteiger charge is 2.25. The standard InChI is InChI=1S/C43H84N2/c1-5-8-11-14-16-18-20-21-22-23-24-25-26-28-30-32-35-38-42(37-34-31-29-27-19-17-15-12-9-6-2)43-44-39-40-45(43)41(4)36-33-13-10-7-3/h39-42H,5-38H2,1-4H3/p+1. The van der Waals surface area contributed by atoms with E-state index in [1.807, 2.05) is 0 Å². The minimum atomic E-state index is 0.619. The Bertz CT molecular complexity index is 694. The number of unbranched alkanes of at least 4 members (excludes halogenated alkanes) is 28. The third kappa shape index (κ3) is 25.0. The van der Waals surface area contributed by atoms with Crippen molar-refractivity contribution in [2.24, 2.45) is 0 Å². The van der Waals surface area contributed by atoms with Gasteiger partial charge in [-0.15, -0.1) is 0 Å². The van der Waals surface area contributed by atoms with Crippen LogP contribution in [0, 0.1) is 0 Å². The first kappa shape index (κ1) is 42.2. The molecule has 0 aliphatic rings. The Labute approximate surface area is 285 Å². The number of hydrogen-bond donors (Lipinski definition) is 1. The number of rotatable bonds is 36. The number of H-pyrrole nitrogens is 1. The highest BCUT2D eigenvalue weighted by molar-refractivity contribution is 4.90. The second-order valence-corrected chi connectivity index (χ2v) is 15.1. The summed E-state index contributed by atoms with van der Waals surface area (Å²) in [5.41, 5.74) is 0. The van der Waals surface area contributed by atoms with Crippen LogP contribution in [0.25, 0.3) is 0 Å². The van der Waals surface area contributed by atoms with E-state index in [2.05, 4.69) is 49.6 Å². The molecule has 0 bridgehead atoms. The number of nitrogens with one attached hydrogen (secondary N) is 1. The van der Waals surface area contributed by atoms with Gasteiger partial charge >= 0.3 is 0 Å². The Hall–Kier alpha value is -0.790. The van der Waals surface area contributed by atoms with Gasteiger partial charge < -0.3 is 0 Å². The first-order valence-electron chi connectivity index (χ1n) is 21.3. The molecule has 1 aromatic rings. The molecule has 1 N–H and O–H groups in total. The highest BCUT2D eigenvalue weighted by Crippen LogP contribution is 2.27. The summed E-state index contributed by atoms with van der Waals surface area (Å²) >= 11 is 0. The lowest BCUT2D eigenvalue weighted by atomic mass is 9.92. The van der Waals surface area contributed by atoms with Crippen molar-refractivity contribution in [1.29, 1.82) is 0 Å². The molecule has 0 aliphatic carbocycles. The molecule has 2 nitrogen and oxygen atoms in total. The lowest BCUT2D eigenvalue weighted by molar-refractivity contribution is -0.727. The average molecular weight is 630 g/mol. The molecule has 1 aromatic heterocycles. The van der Waals surface area contributed by atoms with Crippen molar-refractivity contribution in [3.05, 3.63) is 18.2 Å². The third-order valence-corrected chi connectivity index (χ3v) is 10.6. The highest BCUT2D eigenvalue weighted by atomic mass is 15.1. The molecule has 0 saturated carbocycles. The maximum absolute atomic E-state index is 3.74. The van der Waals surface area contributed by atoms with E-state index in [1.54, 1.807) is 0 Å². The largest absolute Gasteiger partial charge is 0.257 e. The number of nitrogens with zero attached hydrogens (tertiary/aromatic N) is 1. The van der Waals surface area contributed by atoms with E-state index >= 15 is 0 Å². The van der Waals surface area contributed by atoms with Gasteiger partial charge in [0.1, 0.15) is 12.4 Å². The van der Waals surface area contributed by atoms with Gasteiger partial charge in [-0.25, -0.2) is 9.55 Å². The summed E-state index contributed by atoms with van der Waals surface area (Å²) in [6.45, 7) is 9.40. The molecule has 2 unspecified atom stereocenters. The van der Waals surface area contributed by atoms with Gasteiger partial charge in [-0.1, -0.05) is 213 Å². The molecule has 1 rings (SSSR count). The van der Waals surface area contributed by atoms with Crippen molar-refractivity contribution >= 4 is 0 Å². The van der Waals surface area contributed by atoms with E-state index in [0.29, 0.717) is 12.0 Å². The quantitative estimate of drug-likeness (QED) is 0.0563. The molecule has 0 spiro atoms. The van der Waals surface area contributed by atoms with Gasteiger partial charge in [0.15, 0.2) is 0 Å². The van der Waals surface area contributed by atoms with Crippen molar-refractivity contribution < 1.29 is 4.57 Å². The van der Waals surface area contributed by atoms with Gasteiger partial charge in [-0.05, 0) is 32.6 Å². The van der Waals surface area contributed by atoms with Gasteiger partial charge in [0.05, 0.1) is 12.0 Å². The molecule has 2 heteroatoms. The van der Waals surface area contributed by atoms with Crippen LogP contribution in [0.4, 0.5) is 0 Å². The van der Waals surface area contributed by atoms with Crippen molar-refractivity contribution in [3.63, 3.8) is 0 Å². The zero-order valence-electron chi connectivity index (χ0n) is 31.8. The Morgan fingerprint density at radius 3 is 1.07 bits per heavy atom. The van der Waals surface area contributed by atoms with E-state index in [4.69, 9.17) is 0 Å². The van der Waals surface area contributed by atoms with E-state index in [-0.39, 0.29) is 0 Å².